The summed E-state index contributed by atoms with van der Waals surface area (Å²) < 4.78 is 1.93. The van der Waals surface area contributed by atoms with Gasteiger partial charge in [0.05, 0.1) is 0 Å². The molecule has 0 aromatic heterocycles. The number of anilines is 2. The Bertz CT molecular complexity index is 1250. The molecule has 184 valence electrons. The number of para-hydroxylation sites is 2. The maximum atomic E-state index is 12.1. The van der Waals surface area contributed by atoms with Crippen molar-refractivity contribution in [3.05, 3.63) is 127 Å². The van der Waals surface area contributed by atoms with Crippen LogP contribution in [-0.4, -0.2) is 10.9 Å². The second kappa shape index (κ2) is 12.9. The van der Waals surface area contributed by atoms with Crippen LogP contribution in [0.2, 0.25) is 0 Å². The van der Waals surface area contributed by atoms with Crippen LogP contribution in [0, 0.1) is 27.7 Å². The normalized spacial score (nSPS) is 10.2. The molecule has 0 aliphatic carbocycles. The first kappa shape index (κ1) is 27.8. The summed E-state index contributed by atoms with van der Waals surface area (Å²) in [6.45, 7) is 8.14. The Morgan fingerprint density at radius 3 is 1.47 bits per heavy atom. The summed E-state index contributed by atoms with van der Waals surface area (Å²) in [7, 11) is 0. The Hall–Kier alpha value is -2.80. The van der Waals surface area contributed by atoms with Gasteiger partial charge in [0.1, 0.15) is 4.99 Å². The van der Waals surface area contributed by atoms with Crippen molar-refractivity contribution in [3.8, 4) is 0 Å². The summed E-state index contributed by atoms with van der Waals surface area (Å²) in [6.07, 6.45) is 0. The van der Waals surface area contributed by atoms with E-state index >= 15 is 0 Å². The molecule has 0 spiro atoms. The Kier molecular flexibility index (Phi) is 9.99. The summed E-state index contributed by atoms with van der Waals surface area (Å²) >= 11 is 12.3. The average molecular weight is 624 g/mol. The monoisotopic (exact) mass is 622 g/mol. The van der Waals surface area contributed by atoms with Crippen LogP contribution in [0.15, 0.2) is 93.9 Å². The van der Waals surface area contributed by atoms with Crippen molar-refractivity contribution < 1.29 is 4.79 Å². The first-order chi connectivity index (χ1) is 17.2. The van der Waals surface area contributed by atoms with Crippen molar-refractivity contribution in [1.82, 2.24) is 0 Å². The number of halogens is 2. The van der Waals surface area contributed by atoms with E-state index < -0.39 is 0 Å². The second-order valence-corrected chi connectivity index (χ2v) is 10.7. The molecule has 1 amide bonds. The standard InChI is InChI=1S/C15H14BrNO.C15H14BrNS/c2*1-10-5-3-6-11(2)14(10)17-15(18)12-7-4-8-13(16)9-12/h2*3-9H,1-2H3,(H,17,18). The topological polar surface area (TPSA) is 41.1 Å². The van der Waals surface area contributed by atoms with Gasteiger partial charge in [0, 0.05) is 31.4 Å². The molecule has 2 N–H and O–H groups in total. The largest absolute Gasteiger partial charge is 0.346 e. The average Bonchev–Trinajstić information content (AvgIpc) is 2.84. The molecule has 0 fully saturated rings. The zero-order valence-electron chi connectivity index (χ0n) is 20.7. The number of carbonyl (C=O) groups excluding carboxylic acids is 1. The van der Waals surface area contributed by atoms with Gasteiger partial charge >= 0.3 is 0 Å². The fourth-order valence-electron chi connectivity index (χ4n) is 3.65. The Morgan fingerprint density at radius 2 is 1.00 bits per heavy atom. The number of thiocarbonyl (C=S) groups is 1. The summed E-state index contributed by atoms with van der Waals surface area (Å²) in [4.78, 5) is 12.9. The van der Waals surface area contributed by atoms with Crippen LogP contribution in [0.25, 0.3) is 0 Å². The molecule has 3 nitrogen and oxygen atoms in total. The van der Waals surface area contributed by atoms with Crippen molar-refractivity contribution in [2.45, 2.75) is 27.7 Å². The highest BCUT2D eigenvalue weighted by molar-refractivity contribution is 9.10. The van der Waals surface area contributed by atoms with Crippen molar-refractivity contribution in [3.63, 3.8) is 0 Å². The van der Waals surface area contributed by atoms with Crippen LogP contribution in [0.4, 0.5) is 11.4 Å². The zero-order valence-corrected chi connectivity index (χ0v) is 24.6. The van der Waals surface area contributed by atoms with E-state index in [-0.39, 0.29) is 5.91 Å². The highest BCUT2D eigenvalue weighted by atomic mass is 79.9. The smallest absolute Gasteiger partial charge is 0.255 e. The Morgan fingerprint density at radius 1 is 0.611 bits per heavy atom. The molecule has 4 aromatic rings. The minimum Gasteiger partial charge on any atom is -0.346 e. The predicted molar refractivity (Wildman–Crippen MR) is 163 cm³/mol. The molecule has 0 radical (unpaired) electrons. The number of benzene rings is 4. The third-order valence-electron chi connectivity index (χ3n) is 5.61. The van der Waals surface area contributed by atoms with Gasteiger partial charge in [-0.15, -0.1) is 0 Å². The van der Waals surface area contributed by atoms with Gasteiger partial charge < -0.3 is 10.6 Å². The molecule has 0 bridgehead atoms. The van der Waals surface area contributed by atoms with E-state index in [1.165, 1.54) is 11.1 Å². The lowest BCUT2D eigenvalue weighted by Crippen LogP contribution is -2.13. The van der Waals surface area contributed by atoms with E-state index in [0.29, 0.717) is 5.56 Å². The summed E-state index contributed by atoms with van der Waals surface area (Å²) in [5.41, 5.74) is 8.19. The van der Waals surface area contributed by atoms with Crippen LogP contribution >= 0.6 is 44.1 Å². The number of rotatable bonds is 4. The number of nitrogens with one attached hydrogen (secondary N) is 2. The summed E-state index contributed by atoms with van der Waals surface area (Å²) in [5.74, 6) is -0.0892. The maximum Gasteiger partial charge on any atom is 0.255 e. The van der Waals surface area contributed by atoms with Crippen molar-refractivity contribution >= 4 is 66.3 Å². The van der Waals surface area contributed by atoms with E-state index in [2.05, 4.69) is 74.5 Å². The van der Waals surface area contributed by atoms with Crippen LogP contribution in [0.1, 0.15) is 38.2 Å². The van der Waals surface area contributed by atoms with Gasteiger partial charge in [-0.1, -0.05) is 98.7 Å². The van der Waals surface area contributed by atoms with Crippen LogP contribution in [0.5, 0.6) is 0 Å². The molecule has 0 unspecified atom stereocenters. The van der Waals surface area contributed by atoms with Crippen LogP contribution in [-0.2, 0) is 0 Å². The van der Waals surface area contributed by atoms with Gasteiger partial charge in [-0.3, -0.25) is 4.79 Å². The third-order valence-corrected chi connectivity index (χ3v) is 6.94. The van der Waals surface area contributed by atoms with E-state index in [0.717, 1.165) is 42.0 Å². The fraction of sp³-hybridized carbons (Fsp3) is 0.133. The van der Waals surface area contributed by atoms with Crippen LogP contribution in [0.3, 0.4) is 0 Å². The van der Waals surface area contributed by atoms with Gasteiger partial charge in [-0.2, -0.15) is 0 Å². The number of aryl methyl sites for hydroxylation is 4. The van der Waals surface area contributed by atoms with E-state index in [1.807, 2.05) is 74.5 Å². The van der Waals surface area contributed by atoms with Crippen LogP contribution < -0.4 is 10.6 Å². The number of carbonyl (C=O) groups is 1. The van der Waals surface area contributed by atoms with Gasteiger partial charge in [0.15, 0.2) is 0 Å². The minimum absolute atomic E-state index is 0.0892. The van der Waals surface area contributed by atoms with Crippen molar-refractivity contribution in [2.75, 3.05) is 10.6 Å². The maximum absolute atomic E-state index is 12.1. The Labute approximate surface area is 235 Å². The molecule has 4 aromatic carbocycles. The number of amides is 1. The van der Waals surface area contributed by atoms with E-state index in [1.54, 1.807) is 6.07 Å². The lowest BCUT2D eigenvalue weighted by atomic mass is 10.1. The lowest BCUT2D eigenvalue weighted by Gasteiger charge is -2.13. The first-order valence-corrected chi connectivity index (χ1v) is 13.4. The highest BCUT2D eigenvalue weighted by Crippen LogP contribution is 2.22. The quantitative estimate of drug-likeness (QED) is 0.223. The van der Waals surface area contributed by atoms with E-state index in [4.69, 9.17) is 12.2 Å². The molecule has 36 heavy (non-hydrogen) atoms. The molecular formula is C30H28Br2N2OS. The first-order valence-electron chi connectivity index (χ1n) is 11.4. The molecule has 0 saturated carbocycles. The minimum atomic E-state index is -0.0892. The fourth-order valence-corrected chi connectivity index (χ4v) is 4.68. The highest BCUT2D eigenvalue weighted by Gasteiger charge is 2.10. The van der Waals surface area contributed by atoms with Gasteiger partial charge in [-0.25, -0.2) is 0 Å². The summed E-state index contributed by atoms with van der Waals surface area (Å²) in [6, 6.07) is 27.5. The molecule has 0 saturated heterocycles. The van der Waals surface area contributed by atoms with Gasteiger partial charge in [0.25, 0.3) is 5.91 Å². The van der Waals surface area contributed by atoms with E-state index in [9.17, 15) is 4.79 Å². The molecule has 0 aliphatic rings. The molecular weight excluding hydrogens is 596 g/mol. The molecule has 6 heteroatoms. The van der Waals surface area contributed by atoms with Gasteiger partial charge in [-0.05, 0) is 80.3 Å². The van der Waals surface area contributed by atoms with Gasteiger partial charge in [0.2, 0.25) is 0 Å². The Balaban J connectivity index is 0.000000201. The second-order valence-electron chi connectivity index (χ2n) is 8.46. The zero-order chi connectivity index (χ0) is 26.2. The summed E-state index contributed by atoms with van der Waals surface area (Å²) in [5, 5.41) is 6.29. The number of hydrogen-bond acceptors (Lipinski definition) is 2. The third kappa shape index (κ3) is 7.60. The molecule has 0 aliphatic heterocycles. The predicted octanol–water partition coefficient (Wildman–Crippen LogP) is 9.17. The molecule has 0 heterocycles. The van der Waals surface area contributed by atoms with Crippen molar-refractivity contribution in [1.29, 1.82) is 0 Å². The molecule has 0 atom stereocenters. The lowest BCUT2D eigenvalue weighted by molar-refractivity contribution is 0.102. The van der Waals surface area contributed by atoms with Crippen molar-refractivity contribution in [2.24, 2.45) is 0 Å². The molecule has 4 rings (SSSR count). The number of hydrogen-bond donors (Lipinski definition) is 2. The SMILES string of the molecule is Cc1cccc(C)c1NC(=O)c1cccc(Br)c1.Cc1cccc(C)c1NC(=S)c1cccc(Br)c1.